The van der Waals surface area contributed by atoms with Gasteiger partial charge in [-0.2, -0.15) is 0 Å². The Hall–Kier alpha value is -6.12. The summed E-state index contributed by atoms with van der Waals surface area (Å²) >= 11 is 0. The van der Waals surface area contributed by atoms with Crippen molar-refractivity contribution < 1.29 is 28.7 Å². The number of anilines is 1. The van der Waals surface area contributed by atoms with Crippen LogP contribution in [0.3, 0.4) is 0 Å². The van der Waals surface area contributed by atoms with Gasteiger partial charge in [0.1, 0.15) is 23.7 Å². The zero-order valence-corrected chi connectivity index (χ0v) is 36.5. The molecule has 2 fully saturated rings. The fraction of sp³-hybridized carbons (Fsp3) is 0.478. The summed E-state index contributed by atoms with van der Waals surface area (Å²) in [7, 11) is 2.59. The van der Waals surface area contributed by atoms with Crippen LogP contribution in [0.5, 0.6) is 0 Å². The molecule has 2 aromatic heterocycles. The first-order valence-electron chi connectivity index (χ1n) is 21.1. The summed E-state index contributed by atoms with van der Waals surface area (Å²) in [5.41, 5.74) is 5.60. The van der Waals surface area contributed by atoms with Gasteiger partial charge >= 0.3 is 12.2 Å². The van der Waals surface area contributed by atoms with Gasteiger partial charge in [0, 0.05) is 31.9 Å². The van der Waals surface area contributed by atoms with Gasteiger partial charge in [-0.3, -0.25) is 9.59 Å². The molecular formula is C46H59N9O6. The Morgan fingerprint density at radius 1 is 0.689 bits per heavy atom. The summed E-state index contributed by atoms with van der Waals surface area (Å²) in [4.78, 5) is 75.3. The predicted octanol–water partition coefficient (Wildman–Crippen LogP) is 7.51. The maximum absolute atomic E-state index is 13.9. The van der Waals surface area contributed by atoms with Crippen molar-refractivity contribution in [1.82, 2.24) is 40.4 Å². The molecule has 3 aromatic carbocycles. The molecule has 4 atom stereocenters. The average Bonchev–Trinajstić information content (AvgIpc) is 4.06. The number of hydrogen-bond acceptors (Lipinski definition) is 9. The summed E-state index contributed by atoms with van der Waals surface area (Å²) in [5, 5.41) is 5.52. The van der Waals surface area contributed by atoms with Crippen molar-refractivity contribution in [3.8, 4) is 0 Å². The van der Waals surface area contributed by atoms with Crippen molar-refractivity contribution in [2.75, 3.05) is 32.2 Å². The topological polar surface area (TPSA) is 178 Å². The van der Waals surface area contributed by atoms with E-state index in [1.54, 1.807) is 0 Å². The standard InChI is InChI=1S/C46H59N9O6/c1-45(2,3)37(51-43(58)60-7)41(56)54-22-12-16-35(54)39-47-31-20-18-28(24-33(31)49-39)26-53(30-14-10-9-11-15-30)27-29-19-21-32-34(25-29)50-40(48-32)36-17-13-23-55(36)42(57)38(46(4,5)6)52-44(59)61-8/h9-11,14-15,18-21,24-25,35-38H,12-13,16-17,22-23,26-27H2,1-8H3,(H,47,49)(H,48,50)(H,51,58)(H,52,59)/t35-,36-,37+,38+/m0/s1. The molecule has 324 valence electrons. The number of carbonyl (C=O) groups is 4. The van der Waals surface area contributed by atoms with Gasteiger partial charge in [-0.25, -0.2) is 19.6 Å². The number of benzene rings is 3. The van der Waals surface area contributed by atoms with Crippen molar-refractivity contribution in [3.05, 3.63) is 89.5 Å². The molecule has 0 unspecified atom stereocenters. The maximum atomic E-state index is 13.9. The van der Waals surface area contributed by atoms with Crippen LogP contribution in [0.2, 0.25) is 0 Å². The molecule has 2 aliphatic heterocycles. The highest BCUT2D eigenvalue weighted by atomic mass is 16.5. The number of para-hydroxylation sites is 1. The van der Waals surface area contributed by atoms with Gasteiger partial charge in [0.25, 0.3) is 0 Å². The fourth-order valence-electron chi connectivity index (χ4n) is 8.59. The number of carbonyl (C=O) groups excluding carboxylic acids is 4. The lowest BCUT2D eigenvalue weighted by Crippen LogP contribution is -2.54. The van der Waals surface area contributed by atoms with E-state index in [9.17, 15) is 19.2 Å². The van der Waals surface area contributed by atoms with Gasteiger partial charge in [0.05, 0.1) is 48.4 Å². The minimum atomic E-state index is -0.755. The number of rotatable bonds is 11. The molecule has 0 spiro atoms. The van der Waals surface area contributed by atoms with Crippen LogP contribution in [0.15, 0.2) is 66.7 Å². The Balaban J connectivity index is 1.10. The molecule has 7 rings (SSSR count). The largest absolute Gasteiger partial charge is 0.453 e. The Bertz CT molecular complexity index is 2230. The number of hydrogen-bond donors (Lipinski definition) is 4. The van der Waals surface area contributed by atoms with Crippen LogP contribution in [0.25, 0.3) is 22.1 Å². The normalized spacial score (nSPS) is 18.0. The van der Waals surface area contributed by atoms with E-state index in [1.807, 2.05) is 81.7 Å². The molecular weight excluding hydrogens is 775 g/mol. The van der Waals surface area contributed by atoms with Gasteiger partial charge in [-0.15, -0.1) is 0 Å². The lowest BCUT2D eigenvalue weighted by atomic mass is 9.85. The van der Waals surface area contributed by atoms with Crippen molar-refractivity contribution in [2.24, 2.45) is 10.8 Å². The molecule has 61 heavy (non-hydrogen) atoms. The third-order valence-corrected chi connectivity index (χ3v) is 11.8. The molecule has 0 aliphatic carbocycles. The van der Waals surface area contributed by atoms with Crippen LogP contribution in [0.4, 0.5) is 15.3 Å². The van der Waals surface area contributed by atoms with Crippen LogP contribution < -0.4 is 15.5 Å². The van der Waals surface area contributed by atoms with Gasteiger partial charge < -0.3 is 44.8 Å². The molecule has 0 bridgehead atoms. The third kappa shape index (κ3) is 9.45. The first-order chi connectivity index (χ1) is 29.0. The van der Waals surface area contributed by atoms with Gasteiger partial charge in [0.2, 0.25) is 11.8 Å². The minimum absolute atomic E-state index is 0.153. The highest BCUT2D eigenvalue weighted by molar-refractivity contribution is 5.88. The number of imidazole rings is 2. The second-order valence-electron chi connectivity index (χ2n) is 18.4. The van der Waals surface area contributed by atoms with E-state index in [4.69, 9.17) is 19.4 Å². The van der Waals surface area contributed by atoms with Crippen molar-refractivity contribution in [1.29, 1.82) is 0 Å². The number of nitrogens with zero attached hydrogens (tertiary/aromatic N) is 5. The summed E-state index contributed by atoms with van der Waals surface area (Å²) in [6.07, 6.45) is 1.92. The number of ether oxygens (including phenoxy) is 2. The second-order valence-corrected chi connectivity index (χ2v) is 18.4. The molecule has 15 heteroatoms. The lowest BCUT2D eigenvalue weighted by Gasteiger charge is -2.34. The Morgan fingerprint density at radius 3 is 1.70 bits per heavy atom. The average molecular weight is 834 g/mol. The number of alkyl carbamates (subject to hydrolysis) is 2. The van der Waals surface area contributed by atoms with Gasteiger partial charge in [0.15, 0.2) is 0 Å². The summed E-state index contributed by atoms with van der Waals surface area (Å²) in [6, 6.07) is 20.8. The molecule has 2 saturated heterocycles. The third-order valence-electron chi connectivity index (χ3n) is 11.8. The van der Waals surface area contributed by atoms with E-state index in [-0.39, 0.29) is 23.9 Å². The molecule has 4 amide bonds. The van der Waals surface area contributed by atoms with Crippen LogP contribution in [-0.4, -0.2) is 93.1 Å². The van der Waals surface area contributed by atoms with E-state index in [2.05, 4.69) is 61.9 Å². The molecule has 2 aliphatic rings. The zero-order valence-electron chi connectivity index (χ0n) is 36.5. The van der Waals surface area contributed by atoms with Crippen molar-refractivity contribution in [2.45, 2.75) is 104 Å². The summed E-state index contributed by atoms with van der Waals surface area (Å²) in [6.45, 7) is 13.9. The van der Waals surface area contributed by atoms with E-state index in [1.165, 1.54) is 14.2 Å². The first kappa shape index (κ1) is 43.0. The molecule has 15 nitrogen and oxygen atoms in total. The van der Waals surface area contributed by atoms with Gasteiger partial charge in [-0.1, -0.05) is 71.9 Å². The number of aromatic amines is 2. The van der Waals surface area contributed by atoms with Crippen LogP contribution in [0.1, 0.15) is 102 Å². The number of amides is 4. The minimum Gasteiger partial charge on any atom is -0.453 e. The van der Waals surface area contributed by atoms with Crippen LogP contribution in [0, 0.1) is 10.8 Å². The summed E-state index contributed by atoms with van der Waals surface area (Å²) < 4.78 is 9.68. The number of nitrogens with one attached hydrogen (secondary N) is 4. The number of fused-ring (bicyclic) bond motifs is 2. The molecule has 4 heterocycles. The predicted molar refractivity (Wildman–Crippen MR) is 233 cm³/mol. The van der Waals surface area contributed by atoms with E-state index in [0.29, 0.717) is 26.2 Å². The Labute approximate surface area is 356 Å². The molecule has 5 aromatic rings. The van der Waals surface area contributed by atoms with Gasteiger partial charge in [-0.05, 0) is 84.0 Å². The van der Waals surface area contributed by atoms with E-state index in [0.717, 1.165) is 76.2 Å². The molecule has 0 radical (unpaired) electrons. The molecule has 4 N–H and O–H groups in total. The highest BCUT2D eigenvalue weighted by Crippen LogP contribution is 2.36. The number of likely N-dealkylation sites (tertiary alicyclic amines) is 2. The first-order valence-corrected chi connectivity index (χ1v) is 21.1. The lowest BCUT2D eigenvalue weighted by molar-refractivity contribution is -0.137. The van der Waals surface area contributed by atoms with Crippen LogP contribution in [-0.2, 0) is 32.2 Å². The summed E-state index contributed by atoms with van der Waals surface area (Å²) in [5.74, 6) is 1.15. The fourth-order valence-corrected chi connectivity index (χ4v) is 8.59. The zero-order chi connectivity index (χ0) is 43.6. The smallest absolute Gasteiger partial charge is 0.407 e. The van der Waals surface area contributed by atoms with E-state index < -0.39 is 35.1 Å². The van der Waals surface area contributed by atoms with E-state index >= 15 is 0 Å². The van der Waals surface area contributed by atoms with Crippen molar-refractivity contribution >= 4 is 51.8 Å². The van der Waals surface area contributed by atoms with Crippen molar-refractivity contribution in [3.63, 3.8) is 0 Å². The highest BCUT2D eigenvalue weighted by Gasteiger charge is 2.42. The Morgan fingerprint density at radius 2 is 1.18 bits per heavy atom. The maximum Gasteiger partial charge on any atom is 0.407 e. The number of methoxy groups -OCH3 is 2. The second kappa shape index (κ2) is 17.5. The monoisotopic (exact) mass is 833 g/mol. The number of aromatic nitrogens is 4. The number of H-pyrrole nitrogens is 2. The molecule has 0 saturated carbocycles. The van der Waals surface area contributed by atoms with Crippen LogP contribution >= 0.6 is 0 Å². The Kier molecular flexibility index (Phi) is 12.3. The quantitative estimate of drug-likeness (QED) is 0.105. The SMILES string of the molecule is COC(=O)N[C@H](C(=O)N1CCC[C@H]1c1nc2cc(CN(Cc3ccc4nc([C@@H]5CCCN5C(=O)[C@@H](NC(=O)OC)C(C)(C)C)[nH]c4c3)c3ccccc3)ccc2[nH]1)C(C)(C)C.